The molecule has 1 N–H and O–H groups in total. The number of amides is 1. The van der Waals surface area contributed by atoms with E-state index in [1.807, 2.05) is 0 Å². The van der Waals surface area contributed by atoms with Gasteiger partial charge in [-0.15, -0.1) is 0 Å². The third-order valence-corrected chi connectivity index (χ3v) is 5.95. The SMILES string of the molecule is CCS(=O)(=O)N1CCC(N(CC(=O)O)C(=O)Cc2ccon2)CC1. The predicted molar refractivity (Wildman–Crippen MR) is 83.6 cm³/mol. The van der Waals surface area contributed by atoms with E-state index in [1.54, 1.807) is 13.0 Å². The molecule has 0 aliphatic carbocycles. The van der Waals surface area contributed by atoms with Gasteiger partial charge in [0.25, 0.3) is 0 Å². The summed E-state index contributed by atoms with van der Waals surface area (Å²) in [5, 5.41) is 12.7. The van der Waals surface area contributed by atoms with Gasteiger partial charge >= 0.3 is 5.97 Å². The lowest BCUT2D eigenvalue weighted by Crippen LogP contribution is -2.50. The Morgan fingerprint density at radius 3 is 2.58 bits per heavy atom. The van der Waals surface area contributed by atoms with E-state index in [4.69, 9.17) is 5.11 Å². The van der Waals surface area contributed by atoms with Crippen LogP contribution in [0.25, 0.3) is 0 Å². The van der Waals surface area contributed by atoms with Crippen LogP contribution in [-0.4, -0.2) is 71.2 Å². The summed E-state index contributed by atoms with van der Waals surface area (Å²) in [6.45, 7) is 1.74. The van der Waals surface area contributed by atoms with Crippen LogP contribution < -0.4 is 0 Å². The number of carbonyl (C=O) groups excluding carboxylic acids is 1. The fraction of sp³-hybridized carbons (Fsp3) is 0.643. The van der Waals surface area contributed by atoms with Crippen LogP contribution >= 0.6 is 0 Å². The molecule has 0 aromatic carbocycles. The highest BCUT2D eigenvalue weighted by Crippen LogP contribution is 2.20. The largest absolute Gasteiger partial charge is 0.480 e. The number of piperidine rings is 1. The molecule has 1 aromatic heterocycles. The molecular weight excluding hydrogens is 338 g/mol. The van der Waals surface area contributed by atoms with E-state index in [1.165, 1.54) is 15.5 Å². The zero-order chi connectivity index (χ0) is 17.7. The summed E-state index contributed by atoms with van der Waals surface area (Å²) in [4.78, 5) is 24.8. The average Bonchev–Trinajstić information content (AvgIpc) is 3.05. The Morgan fingerprint density at radius 1 is 1.42 bits per heavy atom. The number of sulfonamides is 1. The van der Waals surface area contributed by atoms with E-state index in [9.17, 15) is 18.0 Å². The maximum absolute atomic E-state index is 12.4. The van der Waals surface area contributed by atoms with Crippen molar-refractivity contribution >= 4 is 21.9 Å². The summed E-state index contributed by atoms with van der Waals surface area (Å²) < 4.78 is 29.8. The van der Waals surface area contributed by atoms with Crippen molar-refractivity contribution in [2.45, 2.75) is 32.2 Å². The summed E-state index contributed by atoms with van der Waals surface area (Å²) in [6, 6.07) is 1.25. The highest BCUT2D eigenvalue weighted by Gasteiger charge is 2.32. The quantitative estimate of drug-likeness (QED) is 0.724. The minimum absolute atomic E-state index is 0.0294. The second-order valence-electron chi connectivity index (χ2n) is 5.61. The third kappa shape index (κ3) is 4.54. The number of aliphatic carboxylic acids is 1. The van der Waals surface area contributed by atoms with E-state index in [0.29, 0.717) is 18.5 Å². The van der Waals surface area contributed by atoms with Crippen LogP contribution in [0.5, 0.6) is 0 Å². The smallest absolute Gasteiger partial charge is 0.323 e. The van der Waals surface area contributed by atoms with Gasteiger partial charge in [-0.05, 0) is 19.8 Å². The Labute approximate surface area is 140 Å². The van der Waals surface area contributed by atoms with Gasteiger partial charge in [0, 0.05) is 25.2 Å². The van der Waals surface area contributed by atoms with Crippen molar-refractivity contribution in [3.63, 3.8) is 0 Å². The summed E-state index contributed by atoms with van der Waals surface area (Å²) >= 11 is 0. The predicted octanol–water partition coefficient (Wildman–Crippen LogP) is -0.0556. The van der Waals surface area contributed by atoms with Crippen LogP contribution in [0.4, 0.5) is 0 Å². The van der Waals surface area contributed by atoms with Crippen molar-refractivity contribution in [3.05, 3.63) is 18.0 Å². The monoisotopic (exact) mass is 359 g/mol. The number of aromatic nitrogens is 1. The second kappa shape index (κ2) is 7.75. The van der Waals surface area contributed by atoms with E-state index in [0.717, 1.165) is 0 Å². The maximum Gasteiger partial charge on any atom is 0.323 e. The minimum atomic E-state index is -3.26. The number of nitrogens with zero attached hydrogens (tertiary/aromatic N) is 3. The highest BCUT2D eigenvalue weighted by molar-refractivity contribution is 7.89. The van der Waals surface area contributed by atoms with Gasteiger partial charge in [-0.3, -0.25) is 9.59 Å². The van der Waals surface area contributed by atoms with Gasteiger partial charge < -0.3 is 14.5 Å². The highest BCUT2D eigenvalue weighted by atomic mass is 32.2. The second-order valence-corrected chi connectivity index (χ2v) is 7.87. The summed E-state index contributed by atoms with van der Waals surface area (Å²) in [5.74, 6) is -1.43. The Morgan fingerprint density at radius 2 is 2.08 bits per heavy atom. The lowest BCUT2D eigenvalue weighted by molar-refractivity contribution is -0.146. The van der Waals surface area contributed by atoms with Crippen molar-refractivity contribution in [2.75, 3.05) is 25.4 Å². The Balaban J connectivity index is 2.03. The molecule has 0 unspecified atom stereocenters. The van der Waals surface area contributed by atoms with Gasteiger partial charge in [0.15, 0.2) is 0 Å². The number of carbonyl (C=O) groups is 2. The molecule has 1 amide bonds. The molecule has 1 aromatic rings. The number of carboxylic acid groups (broad SMARTS) is 1. The molecule has 1 fully saturated rings. The molecule has 2 heterocycles. The fourth-order valence-corrected chi connectivity index (χ4v) is 3.90. The minimum Gasteiger partial charge on any atom is -0.480 e. The van der Waals surface area contributed by atoms with Gasteiger partial charge in [-0.25, -0.2) is 12.7 Å². The molecule has 1 saturated heterocycles. The molecule has 2 rings (SSSR count). The number of rotatable bonds is 7. The van der Waals surface area contributed by atoms with Crippen molar-refractivity contribution in [1.82, 2.24) is 14.4 Å². The number of carboxylic acids is 1. The Bertz CT molecular complexity index is 665. The van der Waals surface area contributed by atoms with Crippen LogP contribution in [0.3, 0.4) is 0 Å². The van der Waals surface area contributed by atoms with E-state index < -0.39 is 22.5 Å². The first kappa shape index (κ1) is 18.4. The summed E-state index contributed by atoms with van der Waals surface area (Å²) in [6.07, 6.45) is 2.13. The molecule has 0 atom stereocenters. The summed E-state index contributed by atoms with van der Waals surface area (Å²) in [7, 11) is -3.26. The zero-order valence-electron chi connectivity index (χ0n) is 13.4. The molecule has 10 heteroatoms. The van der Waals surface area contributed by atoms with Crippen molar-refractivity contribution < 1.29 is 27.6 Å². The molecular formula is C14H21N3O6S. The van der Waals surface area contributed by atoms with Crippen molar-refractivity contribution in [2.24, 2.45) is 0 Å². The van der Waals surface area contributed by atoms with Crippen LogP contribution in [0.2, 0.25) is 0 Å². The van der Waals surface area contributed by atoms with Crippen LogP contribution in [-0.2, 0) is 26.0 Å². The molecule has 0 radical (unpaired) electrons. The molecule has 24 heavy (non-hydrogen) atoms. The molecule has 1 aliphatic rings. The standard InChI is InChI=1S/C14H21N3O6S/c1-2-24(21,22)16-6-3-12(4-7-16)17(10-14(19)20)13(18)9-11-5-8-23-15-11/h5,8,12H,2-4,6-7,9-10H2,1H3,(H,19,20). The van der Waals surface area contributed by atoms with Crippen LogP contribution in [0, 0.1) is 0 Å². The molecule has 0 spiro atoms. The maximum atomic E-state index is 12.4. The van der Waals surface area contributed by atoms with E-state index in [-0.39, 0.29) is 37.2 Å². The molecule has 9 nitrogen and oxygen atoms in total. The van der Waals surface area contributed by atoms with E-state index in [2.05, 4.69) is 9.68 Å². The van der Waals surface area contributed by atoms with E-state index >= 15 is 0 Å². The van der Waals surface area contributed by atoms with Crippen molar-refractivity contribution in [1.29, 1.82) is 0 Å². The first-order chi connectivity index (χ1) is 11.3. The third-order valence-electron chi connectivity index (χ3n) is 4.07. The van der Waals surface area contributed by atoms with Gasteiger partial charge in [0.1, 0.15) is 12.8 Å². The van der Waals surface area contributed by atoms with Crippen molar-refractivity contribution in [3.8, 4) is 0 Å². The zero-order valence-corrected chi connectivity index (χ0v) is 14.2. The number of hydrogen-bond donors (Lipinski definition) is 1. The normalized spacial score (nSPS) is 16.9. The van der Waals surface area contributed by atoms with Crippen LogP contribution in [0.1, 0.15) is 25.5 Å². The molecule has 0 bridgehead atoms. The summed E-state index contributed by atoms with van der Waals surface area (Å²) in [5.41, 5.74) is 0.432. The van der Waals surface area contributed by atoms with Crippen LogP contribution in [0.15, 0.2) is 16.9 Å². The molecule has 1 aliphatic heterocycles. The number of hydrogen-bond acceptors (Lipinski definition) is 6. The average molecular weight is 359 g/mol. The first-order valence-electron chi connectivity index (χ1n) is 7.72. The van der Waals surface area contributed by atoms with Gasteiger partial charge in [-0.2, -0.15) is 0 Å². The first-order valence-corrected chi connectivity index (χ1v) is 9.32. The molecule has 134 valence electrons. The Hall–Kier alpha value is -1.94. The van der Waals surface area contributed by atoms with Gasteiger partial charge in [0.2, 0.25) is 15.9 Å². The Kier molecular flexibility index (Phi) is 5.94. The topological polar surface area (TPSA) is 121 Å². The van der Waals surface area contributed by atoms with Gasteiger partial charge in [-0.1, -0.05) is 5.16 Å². The lowest BCUT2D eigenvalue weighted by Gasteiger charge is -2.37. The lowest BCUT2D eigenvalue weighted by atomic mass is 10.0. The van der Waals surface area contributed by atoms with Gasteiger partial charge in [0.05, 0.1) is 17.9 Å². The fourth-order valence-electron chi connectivity index (χ4n) is 2.77. The molecule has 0 saturated carbocycles.